The summed E-state index contributed by atoms with van der Waals surface area (Å²) in [4.78, 5) is 15.3. The topological polar surface area (TPSA) is 61.0 Å². The van der Waals surface area contributed by atoms with Gasteiger partial charge in [0.2, 0.25) is 0 Å². The molecule has 0 spiro atoms. The van der Waals surface area contributed by atoms with Crippen molar-refractivity contribution in [2.24, 2.45) is 0 Å². The van der Waals surface area contributed by atoms with Crippen molar-refractivity contribution in [1.82, 2.24) is 15.0 Å². The molecule has 0 N–H and O–H groups in total. The zero-order valence-corrected chi connectivity index (χ0v) is 27.9. The van der Waals surface area contributed by atoms with Gasteiger partial charge in [-0.25, -0.2) is 15.0 Å². The average molecular weight is 668 g/mol. The van der Waals surface area contributed by atoms with E-state index in [9.17, 15) is 0 Å². The normalized spacial score (nSPS) is 16.1. The summed E-state index contributed by atoms with van der Waals surface area (Å²) in [5, 5.41) is 6.75. The number of aromatic nitrogens is 3. The molecule has 11 rings (SSSR count). The number of benzene rings is 7. The van der Waals surface area contributed by atoms with E-state index < -0.39 is 0 Å². The lowest BCUT2D eigenvalue weighted by atomic mass is 9.90. The summed E-state index contributed by atoms with van der Waals surface area (Å²) in [6.07, 6.45) is 8.56. The molecule has 2 aliphatic rings. The third-order valence-corrected chi connectivity index (χ3v) is 10.5. The van der Waals surface area contributed by atoms with Crippen LogP contribution in [0.1, 0.15) is 11.5 Å². The molecule has 3 heterocycles. The van der Waals surface area contributed by atoms with E-state index in [1.165, 1.54) is 21.7 Å². The van der Waals surface area contributed by atoms with Crippen LogP contribution in [0.5, 0.6) is 5.75 Å². The number of ether oxygens (including phenoxy) is 1. The first-order valence-electron chi connectivity index (χ1n) is 17.6. The van der Waals surface area contributed by atoms with Gasteiger partial charge < -0.3 is 9.15 Å². The molecule has 2 atom stereocenters. The average Bonchev–Trinajstić information content (AvgIpc) is 3.79. The molecular weight excluding hydrogens is 639 g/mol. The van der Waals surface area contributed by atoms with Crippen LogP contribution >= 0.6 is 0 Å². The minimum absolute atomic E-state index is 0.0185. The Labute approximate surface area is 299 Å². The van der Waals surface area contributed by atoms with Crippen molar-refractivity contribution in [3.63, 3.8) is 0 Å². The van der Waals surface area contributed by atoms with Gasteiger partial charge in [0.1, 0.15) is 23.0 Å². The molecular formula is C47H29N3O2. The van der Waals surface area contributed by atoms with Gasteiger partial charge in [-0.1, -0.05) is 133 Å². The van der Waals surface area contributed by atoms with Gasteiger partial charge in [-0.3, -0.25) is 0 Å². The molecule has 0 saturated heterocycles. The Morgan fingerprint density at radius 2 is 1.21 bits per heavy atom. The van der Waals surface area contributed by atoms with Crippen LogP contribution in [0.4, 0.5) is 0 Å². The smallest absolute Gasteiger partial charge is 0.164 e. The van der Waals surface area contributed by atoms with Crippen molar-refractivity contribution < 1.29 is 9.15 Å². The van der Waals surface area contributed by atoms with Crippen molar-refractivity contribution in [2.45, 2.75) is 12.0 Å². The minimum Gasteiger partial charge on any atom is -0.484 e. The minimum atomic E-state index is 0.0185. The molecule has 5 nitrogen and oxygen atoms in total. The fraction of sp³-hybridized carbons (Fsp3) is 0.0426. The van der Waals surface area contributed by atoms with Crippen LogP contribution < -0.4 is 4.74 Å². The maximum atomic E-state index is 6.54. The highest BCUT2D eigenvalue weighted by atomic mass is 16.5. The number of allylic oxidation sites excluding steroid dienone is 2. The summed E-state index contributed by atoms with van der Waals surface area (Å²) >= 11 is 0. The molecule has 2 aromatic heterocycles. The molecule has 0 saturated carbocycles. The van der Waals surface area contributed by atoms with Gasteiger partial charge in [0, 0.05) is 44.5 Å². The highest BCUT2D eigenvalue weighted by Gasteiger charge is 2.33. The molecule has 2 unspecified atom stereocenters. The summed E-state index contributed by atoms with van der Waals surface area (Å²) in [7, 11) is 0. The van der Waals surface area contributed by atoms with Crippen LogP contribution in [0.15, 0.2) is 168 Å². The number of hydrogen-bond donors (Lipinski definition) is 0. The fourth-order valence-electron chi connectivity index (χ4n) is 7.97. The number of furan rings is 1. The maximum absolute atomic E-state index is 6.54. The van der Waals surface area contributed by atoms with Crippen molar-refractivity contribution in [3.05, 3.63) is 169 Å². The van der Waals surface area contributed by atoms with Crippen LogP contribution in [0.25, 0.3) is 88.8 Å². The molecule has 0 bridgehead atoms. The molecule has 0 amide bonds. The zero-order valence-electron chi connectivity index (χ0n) is 27.9. The predicted octanol–water partition coefficient (Wildman–Crippen LogP) is 11.7. The van der Waals surface area contributed by atoms with E-state index in [1.54, 1.807) is 0 Å². The van der Waals surface area contributed by atoms with E-state index >= 15 is 0 Å². The first-order chi connectivity index (χ1) is 25.7. The number of nitrogens with zero attached hydrogens (tertiary/aromatic N) is 3. The predicted molar refractivity (Wildman–Crippen MR) is 209 cm³/mol. The van der Waals surface area contributed by atoms with Crippen LogP contribution in [-0.2, 0) is 0 Å². The van der Waals surface area contributed by atoms with Crippen LogP contribution in [0.3, 0.4) is 0 Å². The second-order valence-corrected chi connectivity index (χ2v) is 13.5. The lowest BCUT2D eigenvalue weighted by Gasteiger charge is -2.14. The summed E-state index contributed by atoms with van der Waals surface area (Å²) in [5.74, 6) is 2.99. The standard InChI is InChI=1S/C47H29N3O2/c1-2-11-29(12-3-1)45-48-46(32-22-24-34-30(26-32)21-20-28-10-4-5-13-33(28)34)50-47(49-45)38-17-9-19-42-43(38)39-27-31(23-25-41(39)51-42)35-15-8-16-37-36-14-6-7-18-40(36)52-44(35)37/h1-27,36,40H. The Kier molecular flexibility index (Phi) is 6.31. The van der Waals surface area contributed by atoms with Crippen LogP contribution in [0, 0.1) is 0 Å². The molecule has 1 aliphatic heterocycles. The quantitative estimate of drug-likeness (QED) is 0.175. The van der Waals surface area contributed by atoms with Gasteiger partial charge in [-0.05, 0) is 57.4 Å². The van der Waals surface area contributed by atoms with Crippen molar-refractivity contribution in [3.8, 4) is 51.0 Å². The summed E-state index contributed by atoms with van der Waals surface area (Å²) in [6, 6.07) is 48.3. The monoisotopic (exact) mass is 667 g/mol. The Morgan fingerprint density at radius 1 is 0.462 bits per heavy atom. The number of rotatable bonds is 4. The Morgan fingerprint density at radius 3 is 2.15 bits per heavy atom. The van der Waals surface area contributed by atoms with Gasteiger partial charge in [0.05, 0.1) is 0 Å². The molecule has 5 heteroatoms. The second-order valence-electron chi connectivity index (χ2n) is 13.5. The fourth-order valence-corrected chi connectivity index (χ4v) is 7.97. The maximum Gasteiger partial charge on any atom is 0.164 e. The van der Waals surface area contributed by atoms with Gasteiger partial charge in [-0.15, -0.1) is 0 Å². The third-order valence-electron chi connectivity index (χ3n) is 10.5. The molecule has 0 radical (unpaired) electrons. The largest absolute Gasteiger partial charge is 0.484 e. The molecule has 0 fully saturated rings. The van der Waals surface area contributed by atoms with Crippen LogP contribution in [-0.4, -0.2) is 21.1 Å². The van der Waals surface area contributed by atoms with E-state index in [-0.39, 0.29) is 12.0 Å². The van der Waals surface area contributed by atoms with Gasteiger partial charge >= 0.3 is 0 Å². The first kappa shape index (κ1) is 28.9. The van der Waals surface area contributed by atoms with Crippen molar-refractivity contribution in [1.29, 1.82) is 0 Å². The third kappa shape index (κ3) is 4.53. The first-order valence-corrected chi connectivity index (χ1v) is 17.6. The molecule has 1 aliphatic carbocycles. The van der Waals surface area contributed by atoms with E-state index in [0.717, 1.165) is 60.9 Å². The SMILES string of the molecule is C1=CC2Oc3c(-c4ccc5oc6cccc(-c7nc(-c8ccccc8)nc(-c8ccc9c(ccc%10ccccc%109)c8)n7)c6c5c4)cccc3C2C=C1. The number of fused-ring (bicyclic) bond motifs is 9. The van der Waals surface area contributed by atoms with Gasteiger partial charge in [-0.2, -0.15) is 0 Å². The van der Waals surface area contributed by atoms with Crippen LogP contribution in [0.2, 0.25) is 0 Å². The highest BCUT2D eigenvalue weighted by molar-refractivity contribution is 6.13. The van der Waals surface area contributed by atoms with E-state index in [4.69, 9.17) is 24.1 Å². The highest BCUT2D eigenvalue weighted by Crippen LogP contribution is 2.47. The lowest BCUT2D eigenvalue weighted by Crippen LogP contribution is -2.15. The zero-order chi connectivity index (χ0) is 34.2. The Hall–Kier alpha value is -6.85. The molecule has 7 aromatic carbocycles. The van der Waals surface area contributed by atoms with Gasteiger partial charge in [0.25, 0.3) is 0 Å². The Bertz CT molecular complexity index is 2960. The van der Waals surface area contributed by atoms with E-state index in [0.29, 0.717) is 17.5 Å². The summed E-state index contributed by atoms with van der Waals surface area (Å²) in [6.45, 7) is 0. The number of para-hydroxylation sites is 1. The van der Waals surface area contributed by atoms with E-state index in [2.05, 4.69) is 121 Å². The summed E-state index contributed by atoms with van der Waals surface area (Å²) < 4.78 is 13.0. The van der Waals surface area contributed by atoms with Crippen molar-refractivity contribution >= 4 is 43.5 Å². The molecule has 52 heavy (non-hydrogen) atoms. The van der Waals surface area contributed by atoms with Crippen molar-refractivity contribution in [2.75, 3.05) is 0 Å². The molecule has 9 aromatic rings. The van der Waals surface area contributed by atoms with Gasteiger partial charge in [0.15, 0.2) is 17.5 Å². The lowest BCUT2D eigenvalue weighted by molar-refractivity contribution is 0.270. The Balaban J connectivity index is 1.10. The second kappa shape index (κ2) is 11.3. The van der Waals surface area contributed by atoms with E-state index in [1.807, 2.05) is 42.5 Å². The molecule has 244 valence electrons. The summed E-state index contributed by atoms with van der Waals surface area (Å²) in [5.41, 5.74) is 7.68. The number of hydrogen-bond acceptors (Lipinski definition) is 5.